The molecule has 1 unspecified atom stereocenters. The summed E-state index contributed by atoms with van der Waals surface area (Å²) in [5, 5.41) is 2.79. The van der Waals surface area contributed by atoms with Crippen LogP contribution in [0.5, 0.6) is 5.75 Å². The summed E-state index contributed by atoms with van der Waals surface area (Å²) in [4.78, 5) is 37.3. The molecule has 180 valence electrons. The van der Waals surface area contributed by atoms with Gasteiger partial charge in [-0.05, 0) is 55.8 Å². The molecule has 1 aromatic heterocycles. The Morgan fingerprint density at radius 3 is 2.41 bits per heavy atom. The molecule has 7 nitrogen and oxygen atoms in total. The standard InChI is InChI=1S/C22H18ClF4N3O4/c1-11-8-14(5-6-15(11)23)34-12(2)20(32)28-17-9-13(4-7-16(17)24)30-19(31)10-18(22(25,26)27)29(3)21(30)33/h4-10,12H,1-3H3,(H,28,32). The fourth-order valence-electron chi connectivity index (χ4n) is 3.07. The van der Waals surface area contributed by atoms with E-state index >= 15 is 0 Å². The molecule has 0 radical (unpaired) electrons. The van der Waals surface area contributed by atoms with Crippen molar-refractivity contribution >= 4 is 23.2 Å². The van der Waals surface area contributed by atoms with Crippen molar-refractivity contribution in [3.05, 3.63) is 85.4 Å². The summed E-state index contributed by atoms with van der Waals surface area (Å²) in [7, 11) is 0.852. The van der Waals surface area contributed by atoms with Gasteiger partial charge in [0.15, 0.2) is 6.10 Å². The number of benzene rings is 2. The van der Waals surface area contributed by atoms with Crippen LogP contribution in [0.3, 0.4) is 0 Å². The summed E-state index contributed by atoms with van der Waals surface area (Å²) in [5.41, 5.74) is -3.92. The first-order valence-electron chi connectivity index (χ1n) is 9.73. The molecule has 34 heavy (non-hydrogen) atoms. The minimum Gasteiger partial charge on any atom is -0.481 e. The molecule has 0 aliphatic heterocycles. The largest absolute Gasteiger partial charge is 0.481 e. The first-order chi connectivity index (χ1) is 15.8. The van der Waals surface area contributed by atoms with Crippen LogP contribution in [0.15, 0.2) is 52.1 Å². The summed E-state index contributed by atoms with van der Waals surface area (Å²) in [5.74, 6) is -1.31. The first kappa shape index (κ1) is 25.0. The molecule has 0 aliphatic rings. The highest BCUT2D eigenvalue weighted by Crippen LogP contribution is 2.27. The lowest BCUT2D eigenvalue weighted by molar-refractivity contribution is -0.144. The van der Waals surface area contributed by atoms with Gasteiger partial charge in [-0.2, -0.15) is 13.2 Å². The fraction of sp³-hybridized carbons (Fsp3) is 0.227. The van der Waals surface area contributed by atoms with Gasteiger partial charge < -0.3 is 10.1 Å². The molecule has 0 saturated heterocycles. The van der Waals surface area contributed by atoms with Crippen molar-refractivity contribution in [2.45, 2.75) is 26.1 Å². The molecule has 2 aromatic carbocycles. The molecule has 0 saturated carbocycles. The number of amides is 1. The monoisotopic (exact) mass is 499 g/mol. The molecule has 0 spiro atoms. The molecule has 1 N–H and O–H groups in total. The third-order valence-corrected chi connectivity index (χ3v) is 5.31. The molecule has 1 amide bonds. The molecular formula is C22H18ClF4N3O4. The van der Waals surface area contributed by atoms with Crippen LogP contribution >= 0.6 is 11.6 Å². The lowest BCUT2D eigenvalue weighted by Crippen LogP contribution is -2.40. The molecule has 3 aromatic rings. The Morgan fingerprint density at radius 2 is 1.79 bits per heavy atom. The Morgan fingerprint density at radius 1 is 1.12 bits per heavy atom. The van der Waals surface area contributed by atoms with E-state index in [2.05, 4.69) is 5.32 Å². The van der Waals surface area contributed by atoms with Gasteiger partial charge in [-0.3, -0.25) is 14.2 Å². The van der Waals surface area contributed by atoms with Crippen LogP contribution in [0.2, 0.25) is 5.02 Å². The van der Waals surface area contributed by atoms with E-state index in [1.807, 2.05) is 0 Å². The van der Waals surface area contributed by atoms with Crippen molar-refractivity contribution < 1.29 is 27.1 Å². The van der Waals surface area contributed by atoms with Gasteiger partial charge >= 0.3 is 11.9 Å². The van der Waals surface area contributed by atoms with E-state index < -0.39 is 46.6 Å². The van der Waals surface area contributed by atoms with Crippen LogP contribution in [-0.2, 0) is 18.0 Å². The number of aromatic nitrogens is 2. The van der Waals surface area contributed by atoms with Gasteiger partial charge in [0.1, 0.15) is 17.3 Å². The van der Waals surface area contributed by atoms with Gasteiger partial charge in [0.25, 0.3) is 11.5 Å². The summed E-state index contributed by atoms with van der Waals surface area (Å²) >= 11 is 5.95. The van der Waals surface area contributed by atoms with E-state index in [1.165, 1.54) is 6.92 Å². The SMILES string of the molecule is Cc1cc(OC(C)C(=O)Nc2cc(-n3c(=O)cc(C(F)(F)F)n(C)c3=O)ccc2F)ccc1Cl. The van der Waals surface area contributed by atoms with Gasteiger partial charge in [0.05, 0.1) is 11.4 Å². The van der Waals surface area contributed by atoms with Crippen molar-refractivity contribution in [1.29, 1.82) is 0 Å². The predicted molar refractivity (Wildman–Crippen MR) is 117 cm³/mol. The zero-order valence-electron chi connectivity index (χ0n) is 18.0. The molecule has 1 atom stereocenters. The maximum Gasteiger partial charge on any atom is 0.431 e. The van der Waals surface area contributed by atoms with E-state index in [-0.39, 0.29) is 16.3 Å². The Kier molecular flexibility index (Phi) is 6.87. The summed E-state index contributed by atoms with van der Waals surface area (Å²) in [6, 6.07) is 7.85. The number of rotatable bonds is 5. The maximum atomic E-state index is 14.3. The lowest BCUT2D eigenvalue weighted by atomic mass is 10.2. The van der Waals surface area contributed by atoms with Gasteiger partial charge in [0, 0.05) is 18.1 Å². The maximum absolute atomic E-state index is 14.3. The van der Waals surface area contributed by atoms with E-state index in [0.29, 0.717) is 20.9 Å². The minimum absolute atomic E-state index is 0.238. The number of aryl methyl sites for hydroxylation is 1. The number of carbonyl (C=O) groups is 1. The molecule has 3 rings (SSSR count). The van der Waals surface area contributed by atoms with Crippen molar-refractivity contribution in [1.82, 2.24) is 9.13 Å². The highest BCUT2D eigenvalue weighted by atomic mass is 35.5. The number of hydrogen-bond donors (Lipinski definition) is 1. The van der Waals surface area contributed by atoms with Crippen LogP contribution in [0.4, 0.5) is 23.2 Å². The third-order valence-electron chi connectivity index (χ3n) is 4.89. The number of hydrogen-bond acceptors (Lipinski definition) is 4. The Bertz CT molecular complexity index is 1380. The Labute approximate surface area is 195 Å². The summed E-state index contributed by atoms with van der Waals surface area (Å²) < 4.78 is 59.7. The Hall–Kier alpha value is -3.60. The second-order valence-corrected chi connectivity index (χ2v) is 7.77. The minimum atomic E-state index is -4.92. The molecule has 0 fully saturated rings. The second-order valence-electron chi connectivity index (χ2n) is 7.37. The van der Waals surface area contributed by atoms with Crippen LogP contribution in [0.1, 0.15) is 18.2 Å². The van der Waals surface area contributed by atoms with Crippen molar-refractivity contribution in [2.75, 3.05) is 5.32 Å². The number of nitrogens with one attached hydrogen (secondary N) is 1. The Balaban J connectivity index is 1.90. The summed E-state index contributed by atoms with van der Waals surface area (Å²) in [6.45, 7) is 3.16. The molecule has 0 aliphatic carbocycles. The van der Waals surface area contributed by atoms with Crippen molar-refractivity contribution in [3.63, 3.8) is 0 Å². The highest BCUT2D eigenvalue weighted by molar-refractivity contribution is 6.31. The number of alkyl halides is 3. The number of carbonyl (C=O) groups excluding carboxylic acids is 1. The van der Waals surface area contributed by atoms with Gasteiger partial charge in [-0.1, -0.05) is 11.6 Å². The zero-order valence-corrected chi connectivity index (χ0v) is 18.8. The number of nitrogens with zero attached hydrogens (tertiary/aromatic N) is 2. The van der Waals surface area contributed by atoms with E-state index in [9.17, 15) is 31.9 Å². The van der Waals surface area contributed by atoms with Crippen LogP contribution < -0.4 is 21.3 Å². The number of ether oxygens (including phenoxy) is 1. The predicted octanol–water partition coefficient (Wildman–Crippen LogP) is 4.06. The molecular weight excluding hydrogens is 482 g/mol. The fourth-order valence-corrected chi connectivity index (χ4v) is 3.18. The number of anilines is 1. The topological polar surface area (TPSA) is 82.3 Å². The molecule has 0 bridgehead atoms. The van der Waals surface area contributed by atoms with Crippen LogP contribution in [-0.4, -0.2) is 21.1 Å². The quantitative estimate of drug-likeness (QED) is 0.537. The molecule has 1 heterocycles. The van der Waals surface area contributed by atoms with Crippen molar-refractivity contribution in [2.24, 2.45) is 7.05 Å². The summed E-state index contributed by atoms with van der Waals surface area (Å²) in [6.07, 6.45) is -6.00. The smallest absolute Gasteiger partial charge is 0.431 e. The molecule has 12 heteroatoms. The highest BCUT2D eigenvalue weighted by Gasteiger charge is 2.35. The lowest BCUT2D eigenvalue weighted by Gasteiger charge is -2.17. The third kappa shape index (κ3) is 5.14. The normalized spacial score (nSPS) is 12.4. The van der Waals surface area contributed by atoms with Gasteiger partial charge in [-0.25, -0.2) is 13.8 Å². The van der Waals surface area contributed by atoms with Crippen LogP contribution in [0, 0.1) is 12.7 Å². The average Bonchev–Trinajstić information content (AvgIpc) is 2.74. The van der Waals surface area contributed by atoms with Gasteiger partial charge in [0.2, 0.25) is 0 Å². The van der Waals surface area contributed by atoms with E-state index in [1.54, 1.807) is 25.1 Å². The van der Waals surface area contributed by atoms with Crippen molar-refractivity contribution in [3.8, 4) is 11.4 Å². The average molecular weight is 500 g/mol. The first-order valence-corrected chi connectivity index (χ1v) is 10.1. The van der Waals surface area contributed by atoms with Gasteiger partial charge in [-0.15, -0.1) is 0 Å². The van der Waals surface area contributed by atoms with E-state index in [4.69, 9.17) is 16.3 Å². The van der Waals surface area contributed by atoms with E-state index in [0.717, 1.165) is 25.2 Å². The zero-order chi connectivity index (χ0) is 25.4. The van der Waals surface area contributed by atoms with Crippen LogP contribution in [0.25, 0.3) is 5.69 Å². The number of halogens is 5. The second kappa shape index (κ2) is 9.34.